The number of halogens is 3. The summed E-state index contributed by atoms with van der Waals surface area (Å²) in [5.74, 6) is 0.681. The third kappa shape index (κ3) is 3.38. The van der Waals surface area contributed by atoms with E-state index in [1.165, 1.54) is 10.8 Å². The van der Waals surface area contributed by atoms with Gasteiger partial charge in [0.2, 0.25) is 6.23 Å². The van der Waals surface area contributed by atoms with Gasteiger partial charge >= 0.3 is 0 Å². The molecule has 0 saturated carbocycles. The summed E-state index contributed by atoms with van der Waals surface area (Å²) >= 11 is 16.4. The molecule has 2 aliphatic rings. The van der Waals surface area contributed by atoms with Crippen LogP contribution in [-0.4, -0.2) is 10.7 Å². The standard InChI is InChI=1S/C26H17BrCl2N2O/c27-19-9-7-16(8-10-19)26-31-24(21-12-20(28)13-22(29)25(21)32-26)14-23(30-31)18-6-5-15-3-1-2-4-17(15)11-18/h1-13,24,26H,14H2/t24-,26-/m0/s1. The van der Waals surface area contributed by atoms with E-state index < -0.39 is 0 Å². The number of ether oxygens (including phenoxy) is 1. The summed E-state index contributed by atoms with van der Waals surface area (Å²) in [6.07, 6.45) is 0.371. The third-order valence-corrected chi connectivity index (χ3v) is 7.07. The van der Waals surface area contributed by atoms with Crippen LogP contribution in [0.5, 0.6) is 5.75 Å². The van der Waals surface area contributed by atoms with E-state index in [0.717, 1.165) is 33.3 Å². The van der Waals surface area contributed by atoms with Crippen LogP contribution in [0.1, 0.15) is 35.4 Å². The topological polar surface area (TPSA) is 24.8 Å². The van der Waals surface area contributed by atoms with Crippen LogP contribution < -0.4 is 4.74 Å². The Morgan fingerprint density at radius 2 is 1.69 bits per heavy atom. The maximum absolute atomic E-state index is 6.56. The lowest BCUT2D eigenvalue weighted by Crippen LogP contribution is -2.33. The maximum atomic E-state index is 6.56. The lowest BCUT2D eigenvalue weighted by atomic mass is 9.95. The molecular weight excluding hydrogens is 507 g/mol. The molecule has 3 nitrogen and oxygen atoms in total. The number of nitrogens with zero attached hydrogens (tertiary/aromatic N) is 2. The van der Waals surface area contributed by atoms with Crippen LogP contribution in [0.25, 0.3) is 10.8 Å². The summed E-state index contributed by atoms with van der Waals surface area (Å²) in [5.41, 5.74) is 4.12. The number of rotatable bonds is 2. The third-order valence-electron chi connectivity index (χ3n) is 6.05. The fourth-order valence-corrected chi connectivity index (χ4v) is 5.32. The smallest absolute Gasteiger partial charge is 0.213 e. The van der Waals surface area contributed by atoms with E-state index in [4.69, 9.17) is 33.0 Å². The van der Waals surface area contributed by atoms with E-state index in [9.17, 15) is 0 Å². The lowest BCUT2D eigenvalue weighted by Gasteiger charge is -2.38. The van der Waals surface area contributed by atoms with E-state index in [2.05, 4.69) is 58.4 Å². The van der Waals surface area contributed by atoms with Crippen molar-refractivity contribution in [3.05, 3.63) is 110 Å². The zero-order valence-electron chi connectivity index (χ0n) is 16.8. The second kappa shape index (κ2) is 7.80. The van der Waals surface area contributed by atoms with Crippen LogP contribution in [0, 0.1) is 0 Å². The molecule has 4 aromatic carbocycles. The Balaban J connectivity index is 1.47. The van der Waals surface area contributed by atoms with Crippen LogP contribution in [0.15, 0.2) is 88.4 Å². The molecule has 0 aliphatic carbocycles. The summed E-state index contributed by atoms with van der Waals surface area (Å²) in [7, 11) is 0. The van der Waals surface area contributed by atoms with Crippen molar-refractivity contribution in [3.8, 4) is 5.75 Å². The van der Waals surface area contributed by atoms with Gasteiger partial charge in [0, 0.05) is 27.0 Å². The highest BCUT2D eigenvalue weighted by Crippen LogP contribution is 2.50. The molecule has 2 atom stereocenters. The Morgan fingerprint density at radius 1 is 0.906 bits per heavy atom. The summed E-state index contributed by atoms with van der Waals surface area (Å²) < 4.78 is 7.44. The lowest BCUT2D eigenvalue weighted by molar-refractivity contribution is -0.0189. The molecule has 0 aromatic heterocycles. The predicted octanol–water partition coefficient (Wildman–Crippen LogP) is 8.15. The van der Waals surface area contributed by atoms with E-state index >= 15 is 0 Å². The molecule has 0 bridgehead atoms. The number of hydrogen-bond acceptors (Lipinski definition) is 3. The molecule has 0 N–H and O–H groups in total. The molecular formula is C26H17BrCl2N2O. The predicted molar refractivity (Wildman–Crippen MR) is 134 cm³/mol. The van der Waals surface area contributed by atoms with Crippen molar-refractivity contribution in [3.63, 3.8) is 0 Å². The van der Waals surface area contributed by atoms with Crippen molar-refractivity contribution >= 4 is 55.6 Å². The summed E-state index contributed by atoms with van der Waals surface area (Å²) in [4.78, 5) is 0. The summed E-state index contributed by atoms with van der Waals surface area (Å²) in [6, 6.07) is 26.6. The highest BCUT2D eigenvalue weighted by Gasteiger charge is 2.42. The van der Waals surface area contributed by atoms with Crippen molar-refractivity contribution in [2.45, 2.75) is 18.7 Å². The first-order valence-corrected chi connectivity index (χ1v) is 11.9. The molecule has 4 aromatic rings. The molecule has 0 spiro atoms. The number of hydrazone groups is 1. The van der Waals surface area contributed by atoms with Crippen LogP contribution in [-0.2, 0) is 0 Å². The summed E-state index contributed by atoms with van der Waals surface area (Å²) in [6.45, 7) is 0. The average molecular weight is 524 g/mol. The SMILES string of the molecule is Clc1cc(Cl)c2c(c1)[C@@H]1CC(c3ccc4ccccc4c3)=NN1[C@H](c1ccc(Br)cc1)O2. The maximum Gasteiger partial charge on any atom is 0.213 e. The zero-order valence-corrected chi connectivity index (χ0v) is 19.9. The average Bonchev–Trinajstić information content (AvgIpc) is 3.25. The Bertz CT molecular complexity index is 1390. The van der Waals surface area contributed by atoms with Gasteiger partial charge in [-0.25, -0.2) is 5.01 Å². The van der Waals surface area contributed by atoms with Gasteiger partial charge in [0.15, 0.2) is 0 Å². The van der Waals surface area contributed by atoms with Crippen LogP contribution in [0.2, 0.25) is 10.0 Å². The largest absolute Gasteiger partial charge is 0.463 e. The number of hydrogen-bond donors (Lipinski definition) is 0. The quantitative estimate of drug-likeness (QED) is 0.265. The molecule has 158 valence electrons. The molecule has 0 amide bonds. The van der Waals surface area contributed by atoms with Crippen molar-refractivity contribution < 1.29 is 4.74 Å². The molecule has 2 heterocycles. The molecule has 0 unspecified atom stereocenters. The van der Waals surface area contributed by atoms with Gasteiger partial charge in [0.25, 0.3) is 0 Å². The minimum absolute atomic E-state index is 0.00920. The Hall–Kier alpha value is -2.53. The van der Waals surface area contributed by atoms with Gasteiger partial charge in [-0.3, -0.25) is 0 Å². The molecule has 6 heteroatoms. The van der Waals surface area contributed by atoms with E-state index in [1.54, 1.807) is 6.07 Å². The Labute approximate surface area is 204 Å². The van der Waals surface area contributed by atoms with Crippen LogP contribution in [0.4, 0.5) is 0 Å². The second-order valence-electron chi connectivity index (χ2n) is 8.04. The molecule has 2 aliphatic heterocycles. The van der Waals surface area contributed by atoms with Gasteiger partial charge in [-0.1, -0.05) is 87.7 Å². The molecule has 32 heavy (non-hydrogen) atoms. The zero-order chi connectivity index (χ0) is 21.8. The van der Waals surface area contributed by atoms with Crippen LogP contribution in [0.3, 0.4) is 0 Å². The normalized spacial score (nSPS) is 19.3. The van der Waals surface area contributed by atoms with Gasteiger partial charge < -0.3 is 4.74 Å². The van der Waals surface area contributed by atoms with E-state index in [0.29, 0.717) is 15.8 Å². The van der Waals surface area contributed by atoms with Crippen molar-refractivity contribution in [2.75, 3.05) is 0 Å². The fraction of sp³-hybridized carbons (Fsp3) is 0.115. The van der Waals surface area contributed by atoms with Gasteiger partial charge in [-0.2, -0.15) is 5.10 Å². The van der Waals surface area contributed by atoms with Gasteiger partial charge in [-0.15, -0.1) is 0 Å². The molecule has 0 radical (unpaired) electrons. The fourth-order valence-electron chi connectivity index (χ4n) is 4.51. The van der Waals surface area contributed by atoms with Crippen molar-refractivity contribution in [1.29, 1.82) is 0 Å². The Morgan fingerprint density at radius 3 is 2.50 bits per heavy atom. The summed E-state index contributed by atoms with van der Waals surface area (Å²) in [5, 5.41) is 10.6. The minimum Gasteiger partial charge on any atom is -0.463 e. The van der Waals surface area contributed by atoms with Crippen LogP contribution >= 0.6 is 39.1 Å². The van der Waals surface area contributed by atoms with Crippen molar-refractivity contribution in [2.24, 2.45) is 5.10 Å². The highest BCUT2D eigenvalue weighted by molar-refractivity contribution is 9.10. The molecule has 0 saturated heterocycles. The monoisotopic (exact) mass is 522 g/mol. The Kier molecular flexibility index (Phi) is 4.90. The van der Waals surface area contributed by atoms with Gasteiger partial charge in [0.05, 0.1) is 16.8 Å². The highest BCUT2D eigenvalue weighted by atomic mass is 79.9. The first-order chi connectivity index (χ1) is 15.6. The second-order valence-corrected chi connectivity index (χ2v) is 9.80. The number of fused-ring (bicyclic) bond motifs is 4. The van der Waals surface area contributed by atoms with Gasteiger partial charge in [0.1, 0.15) is 5.75 Å². The van der Waals surface area contributed by atoms with Crippen molar-refractivity contribution in [1.82, 2.24) is 5.01 Å². The first kappa shape index (κ1) is 20.1. The van der Waals surface area contributed by atoms with E-state index in [-0.39, 0.29) is 12.3 Å². The molecule has 0 fully saturated rings. The van der Waals surface area contributed by atoms with Gasteiger partial charge in [-0.05, 0) is 46.7 Å². The minimum atomic E-state index is -0.378. The van der Waals surface area contributed by atoms with E-state index in [1.807, 2.05) is 35.3 Å². The number of benzene rings is 4. The molecule has 6 rings (SSSR count). The first-order valence-electron chi connectivity index (χ1n) is 10.3.